The van der Waals surface area contributed by atoms with Gasteiger partial charge >= 0.3 is 5.97 Å². The van der Waals surface area contributed by atoms with Gasteiger partial charge in [-0.1, -0.05) is 42.5 Å². The molecule has 0 saturated carbocycles. The van der Waals surface area contributed by atoms with Crippen molar-refractivity contribution in [2.45, 2.75) is 6.92 Å². The van der Waals surface area contributed by atoms with E-state index in [0.29, 0.717) is 5.82 Å². The van der Waals surface area contributed by atoms with Crippen LogP contribution in [-0.2, 0) is 9.53 Å². The van der Waals surface area contributed by atoms with Crippen LogP contribution in [0.3, 0.4) is 0 Å². The summed E-state index contributed by atoms with van der Waals surface area (Å²) in [4.78, 5) is 12.5. The summed E-state index contributed by atoms with van der Waals surface area (Å²) in [6, 6.07) is 15.3. The van der Waals surface area contributed by atoms with Crippen molar-refractivity contribution in [3.8, 4) is 5.75 Å². The Hall–Kier alpha value is -3.55. The number of aromatic nitrogens is 4. The van der Waals surface area contributed by atoms with Crippen LogP contribution in [0.15, 0.2) is 54.6 Å². The average molecular weight is 368 g/mol. The number of nitrogens with zero attached hydrogens (tertiary/aromatic N) is 4. The third-order valence-electron chi connectivity index (χ3n) is 3.58. The van der Waals surface area contributed by atoms with Gasteiger partial charge in [-0.05, 0) is 41.1 Å². The second-order valence-corrected chi connectivity index (χ2v) is 5.49. The second-order valence-electron chi connectivity index (χ2n) is 5.49. The molecule has 3 rings (SSSR count). The molecule has 0 atom stereocenters. The molecule has 0 spiro atoms. The maximum atomic E-state index is 13.5. The van der Waals surface area contributed by atoms with Gasteiger partial charge < -0.3 is 9.47 Å². The first-order valence-electron chi connectivity index (χ1n) is 8.21. The number of carbonyl (C=O) groups is 1. The van der Waals surface area contributed by atoms with Crippen molar-refractivity contribution >= 4 is 17.7 Å². The molecule has 138 valence electrons. The number of halogens is 1. The van der Waals surface area contributed by atoms with E-state index in [-0.39, 0.29) is 24.7 Å². The van der Waals surface area contributed by atoms with Crippen molar-refractivity contribution in [2.75, 3.05) is 13.2 Å². The van der Waals surface area contributed by atoms with Gasteiger partial charge in [0, 0.05) is 0 Å². The predicted octanol–water partition coefficient (Wildman–Crippen LogP) is 2.74. The van der Waals surface area contributed by atoms with Crippen molar-refractivity contribution in [1.82, 2.24) is 20.2 Å². The Balaban J connectivity index is 1.68. The minimum absolute atomic E-state index is 0.0138. The van der Waals surface area contributed by atoms with Gasteiger partial charge in [-0.25, -0.2) is 9.18 Å². The highest BCUT2D eigenvalue weighted by Crippen LogP contribution is 2.16. The summed E-state index contributed by atoms with van der Waals surface area (Å²) in [5.74, 6) is -0.550. The van der Waals surface area contributed by atoms with Crippen LogP contribution in [0.1, 0.15) is 11.4 Å². The van der Waals surface area contributed by atoms with Gasteiger partial charge in [-0.2, -0.15) is 4.68 Å². The van der Waals surface area contributed by atoms with Crippen molar-refractivity contribution in [3.63, 3.8) is 0 Å². The van der Waals surface area contributed by atoms with E-state index in [4.69, 9.17) is 9.47 Å². The van der Waals surface area contributed by atoms with Crippen LogP contribution >= 0.6 is 0 Å². The van der Waals surface area contributed by atoms with Crippen LogP contribution in [0, 0.1) is 12.7 Å². The zero-order valence-electron chi connectivity index (χ0n) is 14.6. The highest BCUT2D eigenvalue weighted by atomic mass is 19.1. The highest BCUT2D eigenvalue weighted by molar-refractivity contribution is 6.15. The van der Waals surface area contributed by atoms with Crippen molar-refractivity contribution in [3.05, 3.63) is 71.8 Å². The molecule has 7 nitrogen and oxygen atoms in total. The highest BCUT2D eigenvalue weighted by Gasteiger charge is 2.17. The van der Waals surface area contributed by atoms with E-state index >= 15 is 0 Å². The van der Waals surface area contributed by atoms with Crippen LogP contribution in [0.2, 0.25) is 0 Å². The first-order chi connectivity index (χ1) is 13.1. The molecule has 1 heterocycles. The zero-order chi connectivity index (χ0) is 19.1. The number of ether oxygens (including phenoxy) is 2. The summed E-state index contributed by atoms with van der Waals surface area (Å²) in [6.07, 6.45) is 1.63. The third kappa shape index (κ3) is 4.75. The number of tetrazole rings is 1. The van der Waals surface area contributed by atoms with Crippen molar-refractivity contribution in [1.29, 1.82) is 0 Å². The largest absolute Gasteiger partial charge is 0.487 e. The van der Waals surface area contributed by atoms with E-state index in [0.717, 1.165) is 5.56 Å². The minimum Gasteiger partial charge on any atom is -0.487 e. The number of benzene rings is 2. The molecule has 27 heavy (non-hydrogen) atoms. The zero-order valence-corrected chi connectivity index (χ0v) is 14.6. The van der Waals surface area contributed by atoms with Crippen molar-refractivity contribution < 1.29 is 18.7 Å². The summed E-state index contributed by atoms with van der Waals surface area (Å²) in [7, 11) is 0. The van der Waals surface area contributed by atoms with Gasteiger partial charge in [0.05, 0.1) is 0 Å². The number of esters is 1. The topological polar surface area (TPSA) is 79.1 Å². The summed E-state index contributed by atoms with van der Waals surface area (Å²) >= 11 is 0. The average Bonchev–Trinajstić information content (AvgIpc) is 3.11. The molecule has 1 aromatic heterocycles. The molecule has 2 aromatic carbocycles. The number of para-hydroxylation sites is 1. The standard InChI is InChI=1S/C19H17FN4O3/c1-14-21-22-23-24(14)17(13-15-7-3-2-4-8-15)19(25)27-12-11-26-18-10-6-5-9-16(18)20/h2-10,13H,11-12H2,1H3/b17-13-. The molecule has 0 amide bonds. The lowest BCUT2D eigenvalue weighted by Crippen LogP contribution is -2.18. The van der Waals surface area contributed by atoms with E-state index in [1.165, 1.54) is 16.8 Å². The Morgan fingerprint density at radius 2 is 1.85 bits per heavy atom. The van der Waals surface area contributed by atoms with Gasteiger partial charge in [0.15, 0.2) is 23.1 Å². The number of hydrogen-bond acceptors (Lipinski definition) is 6. The van der Waals surface area contributed by atoms with E-state index in [1.54, 1.807) is 25.1 Å². The fraction of sp³-hybridized carbons (Fsp3) is 0.158. The van der Waals surface area contributed by atoms with Crippen LogP contribution < -0.4 is 4.74 Å². The lowest BCUT2D eigenvalue weighted by molar-refractivity contribution is -0.137. The van der Waals surface area contributed by atoms with Gasteiger partial charge in [-0.15, -0.1) is 5.10 Å². The Morgan fingerprint density at radius 1 is 1.11 bits per heavy atom. The molecule has 0 aliphatic heterocycles. The summed E-state index contributed by atoms with van der Waals surface area (Å²) in [5, 5.41) is 11.2. The molecule has 0 unspecified atom stereocenters. The van der Waals surface area contributed by atoms with Crippen molar-refractivity contribution in [2.24, 2.45) is 0 Å². The fourth-order valence-electron chi connectivity index (χ4n) is 2.29. The lowest BCUT2D eigenvalue weighted by atomic mass is 10.2. The number of hydrogen-bond donors (Lipinski definition) is 0. The molecule has 0 bridgehead atoms. The maximum absolute atomic E-state index is 13.5. The van der Waals surface area contributed by atoms with Gasteiger partial charge in [0.2, 0.25) is 0 Å². The molecule has 0 aliphatic carbocycles. The van der Waals surface area contributed by atoms with E-state index in [1.807, 2.05) is 30.3 Å². The fourth-order valence-corrected chi connectivity index (χ4v) is 2.29. The van der Waals surface area contributed by atoms with E-state index < -0.39 is 11.8 Å². The smallest absolute Gasteiger partial charge is 0.357 e. The molecular formula is C19H17FN4O3. The molecule has 0 aliphatic rings. The lowest BCUT2D eigenvalue weighted by Gasteiger charge is -2.10. The quantitative estimate of drug-likeness (QED) is 0.362. The number of carbonyl (C=O) groups excluding carboxylic acids is 1. The molecule has 0 saturated heterocycles. The summed E-state index contributed by atoms with van der Waals surface area (Å²) in [5.41, 5.74) is 0.955. The normalized spacial score (nSPS) is 11.3. The first kappa shape index (κ1) is 18.2. The molecule has 3 aromatic rings. The summed E-state index contributed by atoms with van der Waals surface area (Å²) in [6.45, 7) is 1.63. The van der Waals surface area contributed by atoms with E-state index in [9.17, 15) is 9.18 Å². The van der Waals surface area contributed by atoms with E-state index in [2.05, 4.69) is 15.5 Å². The minimum atomic E-state index is -0.619. The molecule has 0 N–H and O–H groups in total. The van der Waals surface area contributed by atoms with Crippen LogP contribution in [-0.4, -0.2) is 39.4 Å². The molecule has 8 heteroatoms. The Bertz CT molecular complexity index is 941. The monoisotopic (exact) mass is 368 g/mol. The van der Waals surface area contributed by atoms with Gasteiger partial charge in [-0.3, -0.25) is 0 Å². The third-order valence-corrected chi connectivity index (χ3v) is 3.58. The Morgan fingerprint density at radius 3 is 2.56 bits per heavy atom. The maximum Gasteiger partial charge on any atom is 0.357 e. The summed E-state index contributed by atoms with van der Waals surface area (Å²) < 4.78 is 25.3. The molecule has 0 radical (unpaired) electrons. The van der Waals surface area contributed by atoms with Crippen LogP contribution in [0.4, 0.5) is 4.39 Å². The number of aryl methyl sites for hydroxylation is 1. The number of rotatable bonds is 7. The predicted molar refractivity (Wildman–Crippen MR) is 96.0 cm³/mol. The SMILES string of the molecule is Cc1nnnn1/C(=C\c1ccccc1)C(=O)OCCOc1ccccc1F. The Kier molecular flexibility index (Phi) is 5.88. The first-order valence-corrected chi connectivity index (χ1v) is 8.21. The second kappa shape index (κ2) is 8.70. The Labute approximate surface area is 155 Å². The van der Waals surface area contributed by atoms with Gasteiger partial charge in [0.25, 0.3) is 0 Å². The van der Waals surface area contributed by atoms with Crippen LogP contribution in [0.5, 0.6) is 5.75 Å². The molecule has 0 fully saturated rings. The van der Waals surface area contributed by atoms with Gasteiger partial charge in [0.1, 0.15) is 13.2 Å². The van der Waals surface area contributed by atoms with Crippen LogP contribution in [0.25, 0.3) is 11.8 Å². The molecular weight excluding hydrogens is 351 g/mol.